The van der Waals surface area contributed by atoms with Gasteiger partial charge in [-0.25, -0.2) is 0 Å². The molecule has 7 heavy (non-hydrogen) atoms. The summed E-state index contributed by atoms with van der Waals surface area (Å²) < 4.78 is 0. The van der Waals surface area contributed by atoms with Crippen molar-refractivity contribution in [2.75, 3.05) is 0 Å². The Labute approximate surface area is 57.8 Å². The lowest BCUT2D eigenvalue weighted by Gasteiger charge is -1.05. The summed E-state index contributed by atoms with van der Waals surface area (Å²) in [6, 6.07) is 0. The molecule has 0 aromatic rings. The lowest BCUT2D eigenvalue weighted by molar-refractivity contribution is 1.50. The number of rotatable bonds is 0. The molecule has 0 aromatic heterocycles. The summed E-state index contributed by atoms with van der Waals surface area (Å²) in [5.41, 5.74) is 0. The standard InChI is InChI=1S/C3H6.C2H4.2ClH/c1-2-3-1;1-2;;/h1-3H2;1-2H2;2*1H. The monoisotopic (exact) mass is 142 g/mol. The maximum absolute atomic E-state index is 3.00. The van der Waals surface area contributed by atoms with Crippen LogP contribution in [0.3, 0.4) is 0 Å². The van der Waals surface area contributed by atoms with Gasteiger partial charge in [-0.05, 0) is 0 Å². The molecule has 1 aliphatic carbocycles. The first-order valence-corrected chi connectivity index (χ1v) is 2.00. The summed E-state index contributed by atoms with van der Waals surface area (Å²) in [4.78, 5) is 0. The second-order valence-electron chi connectivity index (χ2n) is 1.06. The van der Waals surface area contributed by atoms with Gasteiger partial charge in [0.05, 0.1) is 0 Å². The second kappa shape index (κ2) is 16.2. The van der Waals surface area contributed by atoms with E-state index in [1.54, 1.807) is 0 Å². The minimum atomic E-state index is 0. The van der Waals surface area contributed by atoms with Crippen molar-refractivity contribution in [1.29, 1.82) is 0 Å². The minimum Gasteiger partial charge on any atom is -0.147 e. The van der Waals surface area contributed by atoms with Crippen molar-refractivity contribution in [2.45, 2.75) is 19.3 Å². The summed E-state index contributed by atoms with van der Waals surface area (Å²) in [6.07, 6.45) is 4.50. The van der Waals surface area contributed by atoms with Gasteiger partial charge in [0.15, 0.2) is 0 Å². The lowest BCUT2D eigenvalue weighted by Crippen LogP contribution is -0.856. The Morgan fingerprint density at radius 2 is 0.857 bits per heavy atom. The molecule has 1 rings (SSSR count). The predicted molar refractivity (Wildman–Crippen MR) is 39.6 cm³/mol. The van der Waals surface area contributed by atoms with Crippen molar-refractivity contribution < 1.29 is 0 Å². The fourth-order valence-electron chi connectivity index (χ4n) is 0. The number of halogens is 2. The third-order valence-electron chi connectivity index (χ3n) is 0.354. The van der Waals surface area contributed by atoms with Crippen LogP contribution in [0.25, 0.3) is 0 Å². The second-order valence-corrected chi connectivity index (χ2v) is 1.06. The average Bonchev–Trinajstić information content (AvgIpc) is 2.19. The summed E-state index contributed by atoms with van der Waals surface area (Å²) in [5.74, 6) is 0. The molecule has 0 heterocycles. The maximum Gasteiger partial charge on any atom is -0.0533 e. The largest absolute Gasteiger partial charge is 0.147 e. The molecule has 0 aliphatic heterocycles. The van der Waals surface area contributed by atoms with Gasteiger partial charge in [-0.3, -0.25) is 0 Å². The van der Waals surface area contributed by atoms with Gasteiger partial charge in [0, 0.05) is 0 Å². The van der Waals surface area contributed by atoms with Crippen LogP contribution in [0.1, 0.15) is 19.3 Å². The molecule has 46 valence electrons. The lowest BCUT2D eigenvalue weighted by atomic mass is 11.0. The molecule has 0 amide bonds. The maximum atomic E-state index is 3.00. The number of hydrogen-bond donors (Lipinski definition) is 0. The highest BCUT2D eigenvalue weighted by Gasteiger charge is 1.95. The van der Waals surface area contributed by atoms with Gasteiger partial charge in [-0.15, -0.1) is 38.0 Å². The van der Waals surface area contributed by atoms with E-state index in [0.29, 0.717) is 0 Å². The highest BCUT2D eigenvalue weighted by Crippen LogP contribution is 2.14. The Kier molecular flexibility index (Phi) is 36.3. The molecule has 2 heteroatoms. The Morgan fingerprint density at radius 3 is 0.857 bits per heavy atom. The van der Waals surface area contributed by atoms with Gasteiger partial charge >= 0.3 is 0 Å². The Bertz CT molecular complexity index is 17.3. The zero-order valence-corrected chi connectivity index (χ0v) is 5.99. The molecular weight excluding hydrogens is 131 g/mol. The van der Waals surface area contributed by atoms with Gasteiger partial charge in [-0.2, -0.15) is 0 Å². The van der Waals surface area contributed by atoms with Crippen LogP contribution in [0.15, 0.2) is 13.2 Å². The molecule has 0 bridgehead atoms. The molecule has 0 aromatic carbocycles. The zero-order valence-electron chi connectivity index (χ0n) is 4.35. The summed E-state index contributed by atoms with van der Waals surface area (Å²) >= 11 is 0. The van der Waals surface area contributed by atoms with Crippen molar-refractivity contribution in [2.24, 2.45) is 0 Å². The van der Waals surface area contributed by atoms with Crippen LogP contribution in [0.4, 0.5) is 0 Å². The molecule has 0 saturated heterocycles. The molecule has 1 saturated carbocycles. The van der Waals surface area contributed by atoms with E-state index in [1.807, 2.05) is 0 Å². The molecule has 1 aliphatic rings. The van der Waals surface area contributed by atoms with E-state index in [9.17, 15) is 0 Å². The van der Waals surface area contributed by atoms with Crippen molar-refractivity contribution in [1.82, 2.24) is 0 Å². The molecular formula is C5H12Cl2. The quantitative estimate of drug-likeness (QED) is 0.457. The highest BCUT2D eigenvalue weighted by molar-refractivity contribution is 5.85. The van der Waals surface area contributed by atoms with Crippen LogP contribution >= 0.6 is 24.8 Å². The summed E-state index contributed by atoms with van der Waals surface area (Å²) in [7, 11) is 0. The third-order valence-corrected chi connectivity index (χ3v) is 0.354. The average molecular weight is 143 g/mol. The third kappa shape index (κ3) is 67.7. The minimum absolute atomic E-state index is 0. The normalized spacial score (nSPS) is 10.9. The van der Waals surface area contributed by atoms with Crippen LogP contribution in [0.5, 0.6) is 0 Å². The first-order valence-electron chi connectivity index (χ1n) is 2.00. The van der Waals surface area contributed by atoms with E-state index in [4.69, 9.17) is 0 Å². The van der Waals surface area contributed by atoms with Crippen molar-refractivity contribution in [3.63, 3.8) is 0 Å². The Balaban J connectivity index is -0.0000000380. The van der Waals surface area contributed by atoms with Gasteiger partial charge < -0.3 is 0 Å². The van der Waals surface area contributed by atoms with E-state index >= 15 is 0 Å². The van der Waals surface area contributed by atoms with Crippen molar-refractivity contribution in [3.8, 4) is 0 Å². The smallest absolute Gasteiger partial charge is 0.0533 e. The molecule has 0 unspecified atom stereocenters. The Morgan fingerprint density at radius 1 is 0.714 bits per heavy atom. The van der Waals surface area contributed by atoms with Crippen LogP contribution in [0.2, 0.25) is 0 Å². The topological polar surface area (TPSA) is 0 Å². The van der Waals surface area contributed by atoms with Crippen molar-refractivity contribution in [3.05, 3.63) is 13.2 Å². The molecule has 0 atom stereocenters. The first kappa shape index (κ1) is 15.7. The van der Waals surface area contributed by atoms with Crippen LogP contribution < -0.4 is 0 Å². The van der Waals surface area contributed by atoms with Crippen LogP contribution in [0, 0.1) is 0 Å². The molecule has 0 spiro atoms. The highest BCUT2D eigenvalue weighted by atomic mass is 35.5. The Hall–Kier alpha value is 0.320. The fourth-order valence-corrected chi connectivity index (χ4v) is 0. The van der Waals surface area contributed by atoms with Gasteiger partial charge in [-0.1, -0.05) is 19.3 Å². The van der Waals surface area contributed by atoms with E-state index in [0.717, 1.165) is 0 Å². The fraction of sp³-hybridized carbons (Fsp3) is 0.600. The van der Waals surface area contributed by atoms with Crippen LogP contribution in [-0.2, 0) is 0 Å². The van der Waals surface area contributed by atoms with Gasteiger partial charge in [0.1, 0.15) is 0 Å². The van der Waals surface area contributed by atoms with Crippen molar-refractivity contribution >= 4 is 24.8 Å². The molecule has 0 N–H and O–H groups in total. The summed E-state index contributed by atoms with van der Waals surface area (Å²) in [5, 5.41) is 0. The summed E-state index contributed by atoms with van der Waals surface area (Å²) in [6.45, 7) is 6.00. The first-order chi connectivity index (χ1) is 2.50. The zero-order chi connectivity index (χ0) is 4.12. The molecule has 0 radical (unpaired) electrons. The SMILES string of the molecule is C1CC1.C=C.Cl.Cl. The van der Waals surface area contributed by atoms with Gasteiger partial charge in [0.2, 0.25) is 0 Å². The molecule has 0 nitrogen and oxygen atoms in total. The van der Waals surface area contributed by atoms with E-state index in [1.165, 1.54) is 19.3 Å². The van der Waals surface area contributed by atoms with Gasteiger partial charge in [0.25, 0.3) is 0 Å². The van der Waals surface area contributed by atoms with Crippen LogP contribution in [-0.4, -0.2) is 0 Å². The van der Waals surface area contributed by atoms with E-state index in [2.05, 4.69) is 13.2 Å². The van der Waals surface area contributed by atoms with E-state index in [-0.39, 0.29) is 24.8 Å². The number of hydrogen-bond acceptors (Lipinski definition) is 0. The predicted octanol–water partition coefficient (Wildman–Crippen LogP) is 2.82. The van der Waals surface area contributed by atoms with E-state index < -0.39 is 0 Å². The molecule has 1 fully saturated rings.